The minimum absolute atomic E-state index is 0.0247. The molecule has 5 heteroatoms. The molecule has 5 nitrogen and oxygen atoms in total. The predicted molar refractivity (Wildman–Crippen MR) is 136 cm³/mol. The van der Waals surface area contributed by atoms with Crippen molar-refractivity contribution in [3.63, 3.8) is 0 Å². The summed E-state index contributed by atoms with van der Waals surface area (Å²) in [6, 6.07) is 21.9. The molecule has 2 aliphatic carbocycles. The van der Waals surface area contributed by atoms with E-state index in [1.807, 2.05) is 78.3 Å². The van der Waals surface area contributed by atoms with Gasteiger partial charge in [0.25, 0.3) is 0 Å². The van der Waals surface area contributed by atoms with E-state index in [1.54, 1.807) is 0 Å². The topological polar surface area (TPSA) is 64.0 Å². The molecule has 0 fully saturated rings. The Bertz CT molecular complexity index is 1640. The number of aromatic nitrogens is 2. The monoisotopic (exact) mass is 459 g/mol. The van der Waals surface area contributed by atoms with Crippen molar-refractivity contribution >= 4 is 28.2 Å². The Morgan fingerprint density at radius 2 is 1.66 bits per heavy atom. The van der Waals surface area contributed by atoms with E-state index < -0.39 is 5.41 Å². The van der Waals surface area contributed by atoms with E-state index in [-0.39, 0.29) is 17.0 Å². The SMILES string of the molecule is Cc1nn(-c2ccccc2)c2c1[C@@]1(C(=O)c3cccc4cccc1c34)C1=C(CC(C)(C)CC1=O)N2. The summed E-state index contributed by atoms with van der Waals surface area (Å²) in [6.45, 7) is 6.18. The molecule has 0 saturated carbocycles. The number of carbonyl (C=O) groups is 2. The largest absolute Gasteiger partial charge is 0.343 e. The minimum Gasteiger partial charge on any atom is -0.343 e. The predicted octanol–water partition coefficient (Wildman–Crippen LogP) is 5.89. The first-order valence-corrected chi connectivity index (χ1v) is 12.1. The lowest BCUT2D eigenvalue weighted by Crippen LogP contribution is -2.47. The Balaban J connectivity index is 1.64. The molecule has 4 aromatic rings. The number of carbonyl (C=O) groups excluding carboxylic acids is 2. The molecular weight excluding hydrogens is 434 g/mol. The molecule has 3 aromatic carbocycles. The third-order valence-corrected chi connectivity index (χ3v) is 7.85. The van der Waals surface area contributed by atoms with Gasteiger partial charge in [0.1, 0.15) is 11.2 Å². The molecule has 1 atom stereocenters. The van der Waals surface area contributed by atoms with Gasteiger partial charge in [0, 0.05) is 28.8 Å². The van der Waals surface area contributed by atoms with Gasteiger partial charge in [0.05, 0.1) is 11.4 Å². The van der Waals surface area contributed by atoms with Crippen LogP contribution in [0, 0.1) is 12.3 Å². The van der Waals surface area contributed by atoms with Crippen molar-refractivity contribution in [3.8, 4) is 5.69 Å². The Kier molecular flexibility index (Phi) is 3.83. The molecule has 1 aromatic heterocycles. The Morgan fingerprint density at radius 1 is 0.914 bits per heavy atom. The summed E-state index contributed by atoms with van der Waals surface area (Å²) in [6.07, 6.45) is 1.10. The van der Waals surface area contributed by atoms with Crippen LogP contribution in [0.4, 0.5) is 5.82 Å². The number of fused-ring (bicyclic) bond motifs is 4. The number of para-hydroxylation sites is 1. The second-order valence-corrected chi connectivity index (χ2v) is 10.8. The standard InChI is InChI=1S/C30H25N3O2/c1-17-25-28(33(32-17)19-11-5-4-6-12-19)31-22-15-29(2,3)16-23(34)26(22)30(25)21-14-8-10-18-9-7-13-20(24(18)21)27(30)35/h4-14,31H,15-16H2,1-3H3/t30-/m1/s1. The number of Topliss-reactive ketones (excluding diaryl/α,β-unsaturated/α-hetero) is 2. The van der Waals surface area contributed by atoms with E-state index in [1.165, 1.54) is 0 Å². The van der Waals surface area contributed by atoms with Crippen molar-refractivity contribution in [1.29, 1.82) is 0 Å². The molecule has 35 heavy (non-hydrogen) atoms. The molecule has 1 aliphatic heterocycles. The summed E-state index contributed by atoms with van der Waals surface area (Å²) in [5, 5.41) is 10.5. The first-order valence-electron chi connectivity index (χ1n) is 12.1. The van der Waals surface area contributed by atoms with E-state index in [0.717, 1.165) is 44.8 Å². The molecule has 2 heterocycles. The number of nitrogens with zero attached hydrogens (tertiary/aromatic N) is 2. The summed E-state index contributed by atoms with van der Waals surface area (Å²) in [4.78, 5) is 28.6. The van der Waals surface area contributed by atoms with Gasteiger partial charge in [-0.3, -0.25) is 9.59 Å². The quantitative estimate of drug-likeness (QED) is 0.386. The van der Waals surface area contributed by atoms with Crippen LogP contribution in [0.25, 0.3) is 16.5 Å². The van der Waals surface area contributed by atoms with Gasteiger partial charge < -0.3 is 5.32 Å². The van der Waals surface area contributed by atoms with Crippen LogP contribution >= 0.6 is 0 Å². The molecule has 7 rings (SSSR count). The first-order chi connectivity index (χ1) is 16.8. The molecule has 172 valence electrons. The van der Waals surface area contributed by atoms with Crippen molar-refractivity contribution < 1.29 is 9.59 Å². The summed E-state index contributed by atoms with van der Waals surface area (Å²) in [5.74, 6) is 0.791. The van der Waals surface area contributed by atoms with Crippen molar-refractivity contribution in [1.82, 2.24) is 9.78 Å². The molecule has 0 radical (unpaired) electrons. The van der Waals surface area contributed by atoms with Crippen LogP contribution in [-0.2, 0) is 10.2 Å². The molecule has 0 saturated heterocycles. The summed E-state index contributed by atoms with van der Waals surface area (Å²) >= 11 is 0. The normalized spacial score (nSPS) is 21.9. The molecule has 0 bridgehead atoms. The Labute approximate surface area is 203 Å². The maximum absolute atomic E-state index is 14.6. The van der Waals surface area contributed by atoms with Crippen LogP contribution in [0.5, 0.6) is 0 Å². The van der Waals surface area contributed by atoms with Crippen LogP contribution in [0.15, 0.2) is 78.0 Å². The van der Waals surface area contributed by atoms with Crippen molar-refractivity contribution in [2.75, 3.05) is 5.32 Å². The van der Waals surface area contributed by atoms with Crippen LogP contribution in [-0.4, -0.2) is 21.3 Å². The average molecular weight is 460 g/mol. The number of rotatable bonds is 1. The molecule has 0 amide bonds. The lowest BCUT2D eigenvalue weighted by atomic mass is 9.60. The van der Waals surface area contributed by atoms with Crippen molar-refractivity contribution in [3.05, 3.63) is 100 Å². The molecule has 1 N–H and O–H groups in total. The molecule has 1 spiro atoms. The zero-order valence-electron chi connectivity index (χ0n) is 20.0. The minimum atomic E-state index is -1.19. The highest BCUT2D eigenvalue weighted by Gasteiger charge is 2.60. The number of anilines is 1. The van der Waals surface area contributed by atoms with Crippen LogP contribution in [0.3, 0.4) is 0 Å². The summed E-state index contributed by atoms with van der Waals surface area (Å²) in [5.41, 5.74) is 4.09. The first kappa shape index (κ1) is 20.4. The van der Waals surface area contributed by atoms with Gasteiger partial charge in [-0.2, -0.15) is 5.10 Å². The molecular formula is C30H25N3O2. The number of aryl methyl sites for hydroxylation is 1. The van der Waals surface area contributed by atoms with Gasteiger partial charge in [0.2, 0.25) is 0 Å². The van der Waals surface area contributed by atoms with E-state index >= 15 is 0 Å². The summed E-state index contributed by atoms with van der Waals surface area (Å²) in [7, 11) is 0. The van der Waals surface area contributed by atoms with Crippen LogP contribution in [0.1, 0.15) is 53.9 Å². The van der Waals surface area contributed by atoms with Gasteiger partial charge in [-0.1, -0.05) is 68.4 Å². The highest BCUT2D eigenvalue weighted by atomic mass is 16.1. The van der Waals surface area contributed by atoms with E-state index in [9.17, 15) is 9.59 Å². The van der Waals surface area contributed by atoms with Gasteiger partial charge in [-0.25, -0.2) is 4.68 Å². The Hall–Kier alpha value is -3.99. The van der Waals surface area contributed by atoms with Gasteiger partial charge >= 0.3 is 0 Å². The zero-order valence-corrected chi connectivity index (χ0v) is 20.0. The fraction of sp³-hybridized carbons (Fsp3) is 0.233. The molecule has 3 aliphatic rings. The lowest BCUT2D eigenvalue weighted by molar-refractivity contribution is -0.118. The van der Waals surface area contributed by atoms with Crippen molar-refractivity contribution in [2.24, 2.45) is 5.41 Å². The number of allylic oxidation sites excluding steroid dienone is 2. The number of benzene rings is 3. The third-order valence-electron chi connectivity index (χ3n) is 7.85. The van der Waals surface area contributed by atoms with E-state index in [2.05, 4.69) is 19.2 Å². The van der Waals surface area contributed by atoms with E-state index in [0.29, 0.717) is 24.0 Å². The lowest BCUT2D eigenvalue weighted by Gasteiger charge is -2.43. The van der Waals surface area contributed by atoms with E-state index in [4.69, 9.17) is 5.10 Å². The Morgan fingerprint density at radius 3 is 2.43 bits per heavy atom. The number of nitrogens with one attached hydrogen (secondary N) is 1. The van der Waals surface area contributed by atoms with Gasteiger partial charge in [-0.15, -0.1) is 0 Å². The average Bonchev–Trinajstić information content (AvgIpc) is 3.28. The number of hydrogen-bond acceptors (Lipinski definition) is 4. The fourth-order valence-electron chi connectivity index (χ4n) is 6.64. The van der Waals surface area contributed by atoms with Gasteiger partial charge in [0.15, 0.2) is 11.6 Å². The van der Waals surface area contributed by atoms with Gasteiger partial charge in [-0.05, 0) is 47.2 Å². The second kappa shape index (κ2) is 6.57. The maximum Gasteiger partial charge on any atom is 0.183 e. The molecule has 0 unspecified atom stereocenters. The van der Waals surface area contributed by atoms with Crippen LogP contribution < -0.4 is 5.32 Å². The van der Waals surface area contributed by atoms with Crippen LogP contribution in [0.2, 0.25) is 0 Å². The third kappa shape index (κ3) is 2.45. The van der Waals surface area contributed by atoms with Crippen molar-refractivity contribution in [2.45, 2.75) is 39.0 Å². The number of ketones is 2. The highest BCUT2D eigenvalue weighted by molar-refractivity contribution is 6.28. The smallest absolute Gasteiger partial charge is 0.183 e. The second-order valence-electron chi connectivity index (χ2n) is 10.8. The maximum atomic E-state index is 14.6. The highest BCUT2D eigenvalue weighted by Crippen LogP contribution is 2.59. The zero-order chi connectivity index (χ0) is 24.1. The fourth-order valence-corrected chi connectivity index (χ4v) is 6.64. The summed E-state index contributed by atoms with van der Waals surface area (Å²) < 4.78 is 1.89. The number of hydrogen-bond donors (Lipinski definition) is 1.